The van der Waals surface area contributed by atoms with E-state index < -0.39 is 0 Å². The lowest BCUT2D eigenvalue weighted by Gasteiger charge is -2.19. The molecule has 0 aliphatic carbocycles. The third kappa shape index (κ3) is 2.18. The molecule has 1 heterocycles. The van der Waals surface area contributed by atoms with Crippen LogP contribution in [0.4, 0.5) is 0 Å². The number of nitrogens with one attached hydrogen (secondary N) is 1. The number of hydrogen-bond acceptors (Lipinski definition) is 2. The Bertz CT molecular complexity index is 256. The highest BCUT2D eigenvalue weighted by atomic mass is 16.2. The van der Waals surface area contributed by atoms with Crippen LogP contribution in [0.2, 0.25) is 0 Å². The van der Waals surface area contributed by atoms with E-state index in [1.165, 1.54) is 0 Å². The van der Waals surface area contributed by atoms with Crippen molar-refractivity contribution in [2.24, 2.45) is 0 Å². The van der Waals surface area contributed by atoms with Gasteiger partial charge in [0.25, 0.3) is 0 Å². The Labute approximate surface area is 79.1 Å². The van der Waals surface area contributed by atoms with Crippen molar-refractivity contribution < 1.29 is 4.79 Å². The second-order valence-electron chi connectivity index (χ2n) is 3.22. The van der Waals surface area contributed by atoms with Gasteiger partial charge in [-0.3, -0.25) is 10.1 Å². The molecule has 0 radical (unpaired) electrons. The average molecular weight is 180 g/mol. The first-order chi connectivity index (χ1) is 6.16. The van der Waals surface area contributed by atoms with Gasteiger partial charge in [0, 0.05) is 7.05 Å². The molecular formula is C10H16N2O. The maximum absolute atomic E-state index is 11.2. The Morgan fingerprint density at radius 2 is 2.38 bits per heavy atom. The van der Waals surface area contributed by atoms with Gasteiger partial charge in [0.15, 0.2) is 0 Å². The molecule has 1 N–H and O–H groups in total. The van der Waals surface area contributed by atoms with E-state index in [4.69, 9.17) is 0 Å². The molecule has 0 aromatic carbocycles. The minimum absolute atomic E-state index is 0.0729. The van der Waals surface area contributed by atoms with E-state index in [1.54, 1.807) is 4.90 Å². The molecule has 3 nitrogen and oxygen atoms in total. The lowest BCUT2D eigenvalue weighted by Crippen LogP contribution is -2.35. The van der Waals surface area contributed by atoms with Crippen molar-refractivity contribution in [2.45, 2.75) is 20.0 Å². The summed E-state index contributed by atoms with van der Waals surface area (Å²) >= 11 is 0. The second-order valence-corrected chi connectivity index (χ2v) is 3.22. The molecule has 1 aliphatic rings. The van der Waals surface area contributed by atoms with Crippen molar-refractivity contribution in [3.63, 3.8) is 0 Å². The van der Waals surface area contributed by atoms with Crippen LogP contribution >= 0.6 is 0 Å². The van der Waals surface area contributed by atoms with Crippen LogP contribution in [0.3, 0.4) is 0 Å². The monoisotopic (exact) mass is 180 g/mol. The molecule has 1 amide bonds. The first-order valence-electron chi connectivity index (χ1n) is 4.45. The molecule has 1 atom stereocenters. The highest BCUT2D eigenvalue weighted by Gasteiger charge is 2.27. The maximum atomic E-state index is 11.2. The SMILES string of the molecule is C/C=C\C=C(/C)[C@H]1NCC(=O)N1C. The Kier molecular flexibility index (Phi) is 3.25. The molecule has 0 saturated carbocycles. The number of rotatable bonds is 2. The molecule has 0 aromatic heterocycles. The number of likely N-dealkylation sites (N-methyl/N-ethyl adjacent to an activating group) is 1. The number of carbonyl (C=O) groups is 1. The van der Waals surface area contributed by atoms with Crippen LogP contribution in [-0.4, -0.2) is 30.6 Å². The maximum Gasteiger partial charge on any atom is 0.237 e. The molecule has 0 spiro atoms. The molecule has 13 heavy (non-hydrogen) atoms. The van der Waals surface area contributed by atoms with Gasteiger partial charge in [-0.15, -0.1) is 0 Å². The van der Waals surface area contributed by atoms with Gasteiger partial charge in [0.1, 0.15) is 6.17 Å². The van der Waals surface area contributed by atoms with E-state index >= 15 is 0 Å². The fourth-order valence-electron chi connectivity index (χ4n) is 1.40. The number of nitrogens with zero attached hydrogens (tertiary/aromatic N) is 1. The van der Waals surface area contributed by atoms with E-state index in [9.17, 15) is 4.79 Å². The number of carbonyl (C=O) groups excluding carboxylic acids is 1. The van der Waals surface area contributed by atoms with Gasteiger partial charge in [-0.05, 0) is 19.4 Å². The molecule has 0 aromatic rings. The average Bonchev–Trinajstić information content (AvgIpc) is 2.44. The summed E-state index contributed by atoms with van der Waals surface area (Å²) < 4.78 is 0. The van der Waals surface area contributed by atoms with E-state index in [1.807, 2.05) is 39.1 Å². The van der Waals surface area contributed by atoms with Crippen LogP contribution in [0.5, 0.6) is 0 Å². The summed E-state index contributed by atoms with van der Waals surface area (Å²) in [6.45, 7) is 4.44. The van der Waals surface area contributed by atoms with Gasteiger partial charge in [-0.1, -0.05) is 18.2 Å². The Balaban J connectivity index is 2.68. The topological polar surface area (TPSA) is 32.3 Å². The molecule has 1 saturated heterocycles. The molecule has 3 heteroatoms. The van der Waals surface area contributed by atoms with Crippen LogP contribution in [0, 0.1) is 0 Å². The van der Waals surface area contributed by atoms with E-state index in [2.05, 4.69) is 5.32 Å². The second kappa shape index (κ2) is 4.23. The summed E-state index contributed by atoms with van der Waals surface area (Å²) in [5.74, 6) is 0.151. The van der Waals surface area contributed by atoms with Gasteiger partial charge in [0.2, 0.25) is 5.91 Å². The molecule has 1 aliphatic heterocycles. The summed E-state index contributed by atoms with van der Waals surface area (Å²) in [6.07, 6.45) is 6.05. The highest BCUT2D eigenvalue weighted by Crippen LogP contribution is 2.10. The van der Waals surface area contributed by atoms with Gasteiger partial charge in [0.05, 0.1) is 6.54 Å². The molecule has 1 rings (SSSR count). The predicted molar refractivity (Wildman–Crippen MR) is 53.1 cm³/mol. The first-order valence-corrected chi connectivity index (χ1v) is 4.45. The predicted octanol–water partition coefficient (Wildman–Crippen LogP) is 0.896. The quantitative estimate of drug-likeness (QED) is 0.640. The lowest BCUT2D eigenvalue weighted by molar-refractivity contribution is -0.126. The van der Waals surface area contributed by atoms with Crippen molar-refractivity contribution in [3.8, 4) is 0 Å². The number of allylic oxidation sites excluding steroid dienone is 3. The van der Waals surface area contributed by atoms with Gasteiger partial charge in [-0.25, -0.2) is 0 Å². The molecule has 1 fully saturated rings. The van der Waals surface area contributed by atoms with Crippen molar-refractivity contribution in [1.29, 1.82) is 0 Å². The highest BCUT2D eigenvalue weighted by molar-refractivity contribution is 5.80. The van der Waals surface area contributed by atoms with E-state index in [0.717, 1.165) is 5.57 Å². The minimum Gasteiger partial charge on any atom is -0.325 e. The third-order valence-corrected chi connectivity index (χ3v) is 2.21. The van der Waals surface area contributed by atoms with Crippen LogP contribution in [0.15, 0.2) is 23.8 Å². The Morgan fingerprint density at radius 3 is 2.85 bits per heavy atom. The van der Waals surface area contributed by atoms with Crippen molar-refractivity contribution in [2.75, 3.05) is 13.6 Å². The summed E-state index contributed by atoms with van der Waals surface area (Å²) in [6, 6.07) is 0. The van der Waals surface area contributed by atoms with Crippen LogP contribution in [0.25, 0.3) is 0 Å². The third-order valence-electron chi connectivity index (χ3n) is 2.21. The van der Waals surface area contributed by atoms with Crippen LogP contribution < -0.4 is 5.32 Å². The summed E-state index contributed by atoms with van der Waals surface area (Å²) in [7, 11) is 1.82. The van der Waals surface area contributed by atoms with Crippen molar-refractivity contribution in [1.82, 2.24) is 10.2 Å². The van der Waals surface area contributed by atoms with Gasteiger partial charge >= 0.3 is 0 Å². The van der Waals surface area contributed by atoms with Crippen LogP contribution in [-0.2, 0) is 4.79 Å². The standard InChI is InChI=1S/C10H16N2O/c1-4-5-6-8(2)10-11-7-9(13)12(10)3/h4-6,10-11H,7H2,1-3H3/b5-4-,8-6+/t10-/m0/s1. The fraction of sp³-hybridized carbons (Fsp3) is 0.500. The zero-order chi connectivity index (χ0) is 9.84. The summed E-state index contributed by atoms with van der Waals surface area (Å²) in [5, 5.41) is 3.14. The van der Waals surface area contributed by atoms with E-state index in [-0.39, 0.29) is 12.1 Å². The Morgan fingerprint density at radius 1 is 1.69 bits per heavy atom. The zero-order valence-corrected chi connectivity index (χ0v) is 8.37. The Hall–Kier alpha value is -1.09. The van der Waals surface area contributed by atoms with Crippen LogP contribution in [0.1, 0.15) is 13.8 Å². The smallest absolute Gasteiger partial charge is 0.237 e. The number of amides is 1. The number of hydrogen-bond donors (Lipinski definition) is 1. The van der Waals surface area contributed by atoms with Gasteiger partial charge in [-0.2, -0.15) is 0 Å². The normalized spacial score (nSPS) is 24.8. The van der Waals surface area contributed by atoms with Gasteiger partial charge < -0.3 is 4.90 Å². The van der Waals surface area contributed by atoms with Crippen molar-refractivity contribution >= 4 is 5.91 Å². The fourth-order valence-corrected chi connectivity index (χ4v) is 1.40. The summed E-state index contributed by atoms with van der Waals surface area (Å²) in [4.78, 5) is 12.9. The zero-order valence-electron chi connectivity index (χ0n) is 8.37. The van der Waals surface area contributed by atoms with E-state index in [0.29, 0.717) is 6.54 Å². The largest absolute Gasteiger partial charge is 0.325 e. The molecule has 0 bridgehead atoms. The molecule has 72 valence electrons. The molecule has 0 unspecified atom stereocenters. The lowest BCUT2D eigenvalue weighted by atomic mass is 10.2. The first kappa shape index (κ1) is 9.99. The minimum atomic E-state index is 0.0729. The summed E-state index contributed by atoms with van der Waals surface area (Å²) in [5.41, 5.74) is 1.16. The molecular weight excluding hydrogens is 164 g/mol. The van der Waals surface area contributed by atoms with Crippen molar-refractivity contribution in [3.05, 3.63) is 23.8 Å².